The van der Waals surface area contributed by atoms with Crippen LogP contribution in [0.25, 0.3) is 0 Å². The van der Waals surface area contributed by atoms with E-state index >= 15 is 0 Å². The van der Waals surface area contributed by atoms with Crippen LogP contribution in [0.2, 0.25) is 0 Å². The van der Waals surface area contributed by atoms with Crippen LogP contribution in [-0.4, -0.2) is 31.2 Å². The zero-order chi connectivity index (χ0) is 15.1. The Hall–Kier alpha value is -2.20. The third-order valence-corrected chi connectivity index (χ3v) is 3.26. The maximum atomic E-state index is 12.5. The van der Waals surface area contributed by atoms with E-state index in [1.807, 2.05) is 49.4 Å². The number of methoxy groups -OCH3 is 1. The van der Waals surface area contributed by atoms with E-state index in [4.69, 9.17) is 4.74 Å². The van der Waals surface area contributed by atoms with Gasteiger partial charge >= 0.3 is 0 Å². The molecule has 0 aliphatic heterocycles. The number of carbonyl (C=O) groups excluding carboxylic acids is 1. The predicted octanol–water partition coefficient (Wildman–Crippen LogP) is 2.28. The minimum atomic E-state index is -0.399. The highest BCUT2D eigenvalue weighted by Gasteiger charge is 2.23. The molecule has 4 nitrogen and oxygen atoms in total. The van der Waals surface area contributed by atoms with E-state index in [0.29, 0.717) is 13.2 Å². The second kappa shape index (κ2) is 7.55. The van der Waals surface area contributed by atoms with Crippen molar-refractivity contribution in [2.45, 2.75) is 12.8 Å². The zero-order valence-electron chi connectivity index (χ0n) is 12.4. The monoisotopic (exact) mass is 284 g/mol. The number of rotatable bonds is 6. The van der Waals surface area contributed by atoms with Crippen LogP contribution >= 0.6 is 0 Å². The zero-order valence-corrected chi connectivity index (χ0v) is 12.4. The molecule has 2 aromatic rings. The maximum absolute atomic E-state index is 12.5. The Morgan fingerprint density at radius 1 is 1.24 bits per heavy atom. The van der Waals surface area contributed by atoms with E-state index < -0.39 is 5.92 Å². The topological polar surface area (TPSA) is 51.2 Å². The van der Waals surface area contributed by atoms with Gasteiger partial charge in [-0.15, -0.1) is 0 Å². The van der Waals surface area contributed by atoms with Crippen LogP contribution < -0.4 is 5.32 Å². The Bertz CT molecular complexity index is 567. The molecule has 1 amide bonds. The molecule has 0 saturated heterocycles. The Labute approximate surface area is 125 Å². The first-order valence-corrected chi connectivity index (χ1v) is 6.96. The van der Waals surface area contributed by atoms with Gasteiger partial charge in [-0.2, -0.15) is 0 Å². The number of hydrogen-bond donors (Lipinski definition) is 1. The van der Waals surface area contributed by atoms with Crippen molar-refractivity contribution in [1.29, 1.82) is 0 Å². The fraction of sp³-hybridized carbons (Fsp3) is 0.294. The molecule has 0 saturated carbocycles. The van der Waals surface area contributed by atoms with E-state index in [9.17, 15) is 4.79 Å². The molecule has 1 aromatic carbocycles. The molecule has 0 aliphatic carbocycles. The van der Waals surface area contributed by atoms with Crippen LogP contribution in [0.15, 0.2) is 48.7 Å². The summed E-state index contributed by atoms with van der Waals surface area (Å²) in [5.74, 6) is -0.460. The number of pyridine rings is 1. The molecule has 4 heteroatoms. The van der Waals surface area contributed by atoms with Gasteiger partial charge in [-0.1, -0.05) is 35.9 Å². The van der Waals surface area contributed by atoms with Crippen molar-refractivity contribution in [1.82, 2.24) is 10.3 Å². The number of aryl methyl sites for hydroxylation is 1. The highest BCUT2D eigenvalue weighted by Crippen LogP contribution is 2.23. The van der Waals surface area contributed by atoms with Gasteiger partial charge in [0.1, 0.15) is 5.92 Å². The maximum Gasteiger partial charge on any atom is 0.233 e. The molecule has 1 atom stereocenters. The van der Waals surface area contributed by atoms with Gasteiger partial charge in [-0.3, -0.25) is 9.78 Å². The number of ether oxygens (including phenoxy) is 1. The van der Waals surface area contributed by atoms with Gasteiger partial charge in [0.2, 0.25) is 5.91 Å². The molecule has 110 valence electrons. The van der Waals surface area contributed by atoms with Gasteiger partial charge in [0.05, 0.1) is 12.3 Å². The van der Waals surface area contributed by atoms with Crippen LogP contribution in [0.3, 0.4) is 0 Å². The highest BCUT2D eigenvalue weighted by atomic mass is 16.5. The molecule has 0 bridgehead atoms. The Morgan fingerprint density at radius 3 is 2.62 bits per heavy atom. The van der Waals surface area contributed by atoms with Crippen LogP contribution in [0.1, 0.15) is 22.7 Å². The third kappa shape index (κ3) is 4.13. The van der Waals surface area contributed by atoms with E-state index in [0.717, 1.165) is 11.3 Å². The molecule has 21 heavy (non-hydrogen) atoms. The quantitative estimate of drug-likeness (QED) is 0.828. The number of carbonyl (C=O) groups is 1. The summed E-state index contributed by atoms with van der Waals surface area (Å²) in [4.78, 5) is 16.8. The van der Waals surface area contributed by atoms with Gasteiger partial charge < -0.3 is 10.1 Å². The molecule has 1 N–H and O–H groups in total. The Morgan fingerprint density at radius 2 is 2.00 bits per heavy atom. The summed E-state index contributed by atoms with van der Waals surface area (Å²) in [6, 6.07) is 13.6. The standard InChI is InChI=1S/C17H20N2O2/c1-13-6-8-14(9-7-13)16(15-5-3-4-10-18-15)17(20)19-11-12-21-2/h3-10,16H,11-12H2,1-2H3,(H,19,20). The molecule has 0 radical (unpaired) electrons. The largest absolute Gasteiger partial charge is 0.383 e. The van der Waals surface area contributed by atoms with Gasteiger partial charge in [0.25, 0.3) is 0 Å². The first kappa shape index (κ1) is 15.2. The number of hydrogen-bond acceptors (Lipinski definition) is 3. The van der Waals surface area contributed by atoms with E-state index in [2.05, 4.69) is 10.3 Å². The minimum absolute atomic E-state index is 0.0606. The number of nitrogens with zero attached hydrogens (tertiary/aromatic N) is 1. The van der Waals surface area contributed by atoms with Crippen molar-refractivity contribution in [3.8, 4) is 0 Å². The smallest absolute Gasteiger partial charge is 0.233 e. The number of amides is 1. The molecule has 1 aromatic heterocycles. The fourth-order valence-corrected chi connectivity index (χ4v) is 2.14. The van der Waals surface area contributed by atoms with Crippen molar-refractivity contribution in [2.24, 2.45) is 0 Å². The fourth-order valence-electron chi connectivity index (χ4n) is 2.14. The summed E-state index contributed by atoms with van der Waals surface area (Å²) in [5.41, 5.74) is 2.85. The summed E-state index contributed by atoms with van der Waals surface area (Å²) in [7, 11) is 1.61. The van der Waals surface area contributed by atoms with E-state index in [1.165, 1.54) is 5.56 Å². The molecule has 1 heterocycles. The lowest BCUT2D eigenvalue weighted by atomic mass is 9.93. The van der Waals surface area contributed by atoms with Gasteiger partial charge in [-0.05, 0) is 24.6 Å². The number of aromatic nitrogens is 1. The molecule has 0 spiro atoms. The van der Waals surface area contributed by atoms with Gasteiger partial charge in [0, 0.05) is 19.9 Å². The number of benzene rings is 1. The highest BCUT2D eigenvalue weighted by molar-refractivity contribution is 5.86. The Kier molecular flexibility index (Phi) is 5.46. The molecule has 2 rings (SSSR count). The number of nitrogens with one attached hydrogen (secondary N) is 1. The van der Waals surface area contributed by atoms with Crippen molar-refractivity contribution in [3.63, 3.8) is 0 Å². The lowest BCUT2D eigenvalue weighted by Gasteiger charge is -2.17. The minimum Gasteiger partial charge on any atom is -0.383 e. The van der Waals surface area contributed by atoms with Crippen LogP contribution in [0.4, 0.5) is 0 Å². The average Bonchev–Trinajstić information content (AvgIpc) is 2.51. The first-order valence-electron chi connectivity index (χ1n) is 6.96. The summed E-state index contributed by atoms with van der Waals surface area (Å²) < 4.78 is 4.97. The lowest BCUT2D eigenvalue weighted by Crippen LogP contribution is -2.32. The van der Waals surface area contributed by atoms with Gasteiger partial charge in [0.15, 0.2) is 0 Å². The molecule has 0 fully saturated rings. The summed E-state index contributed by atoms with van der Waals surface area (Å²) >= 11 is 0. The second-order valence-corrected chi connectivity index (χ2v) is 4.88. The second-order valence-electron chi connectivity index (χ2n) is 4.88. The third-order valence-electron chi connectivity index (χ3n) is 3.26. The summed E-state index contributed by atoms with van der Waals surface area (Å²) in [5, 5.41) is 2.89. The molecular formula is C17H20N2O2. The van der Waals surface area contributed by atoms with Crippen molar-refractivity contribution in [3.05, 3.63) is 65.5 Å². The average molecular weight is 284 g/mol. The first-order chi connectivity index (χ1) is 10.2. The summed E-state index contributed by atoms with van der Waals surface area (Å²) in [6.45, 7) is 3.01. The summed E-state index contributed by atoms with van der Waals surface area (Å²) in [6.07, 6.45) is 1.71. The van der Waals surface area contributed by atoms with Crippen LogP contribution in [-0.2, 0) is 9.53 Å². The predicted molar refractivity (Wildman–Crippen MR) is 82.1 cm³/mol. The van der Waals surface area contributed by atoms with E-state index in [1.54, 1.807) is 13.3 Å². The van der Waals surface area contributed by atoms with Crippen LogP contribution in [0, 0.1) is 6.92 Å². The van der Waals surface area contributed by atoms with Crippen molar-refractivity contribution >= 4 is 5.91 Å². The molecule has 0 aliphatic rings. The van der Waals surface area contributed by atoms with E-state index in [-0.39, 0.29) is 5.91 Å². The molecule has 1 unspecified atom stereocenters. The normalized spacial score (nSPS) is 11.9. The SMILES string of the molecule is COCCNC(=O)C(c1ccc(C)cc1)c1ccccn1. The van der Waals surface area contributed by atoms with Crippen molar-refractivity contribution in [2.75, 3.05) is 20.3 Å². The van der Waals surface area contributed by atoms with Crippen molar-refractivity contribution < 1.29 is 9.53 Å². The lowest BCUT2D eigenvalue weighted by molar-refractivity contribution is -0.121. The Balaban J connectivity index is 2.26. The van der Waals surface area contributed by atoms with Crippen LogP contribution in [0.5, 0.6) is 0 Å². The molecular weight excluding hydrogens is 264 g/mol. The van der Waals surface area contributed by atoms with Gasteiger partial charge in [-0.25, -0.2) is 0 Å².